The van der Waals surface area contributed by atoms with Gasteiger partial charge in [-0.05, 0) is 62.9 Å². The molecule has 0 aromatic heterocycles. The first-order chi connectivity index (χ1) is 19.2. The second-order valence-corrected chi connectivity index (χ2v) is 14.8. The topological polar surface area (TPSA) is 82.1 Å². The summed E-state index contributed by atoms with van der Waals surface area (Å²) in [5, 5.41) is 3.37. The third-order valence-corrected chi connectivity index (χ3v) is 11.4. The molecule has 2 aromatic rings. The average molecular weight is 609 g/mol. The molecule has 7 nitrogen and oxygen atoms in total. The lowest BCUT2D eigenvalue weighted by molar-refractivity contribution is -0.151. The van der Waals surface area contributed by atoms with Crippen molar-refractivity contribution in [2.45, 2.75) is 80.4 Å². The van der Waals surface area contributed by atoms with Gasteiger partial charge in [-0.1, -0.05) is 35.9 Å². The zero-order valence-electron chi connectivity index (χ0n) is 22.8. The molecule has 41 heavy (non-hydrogen) atoms. The van der Waals surface area contributed by atoms with Crippen molar-refractivity contribution < 1.29 is 26.4 Å². The molecule has 2 aromatic carbocycles. The SMILES string of the molecule is CC1(C)NC(C23CC(N(Cc4ccc(Cl)c(F)c4)S(=O)(=O)c4ccccc4)(C2)C3)=N[C@@H]1C(=O)N1CCC(F)(F)CC1. The number of halogens is 4. The highest BCUT2D eigenvalue weighted by atomic mass is 35.5. The summed E-state index contributed by atoms with van der Waals surface area (Å²) >= 11 is 5.86. The summed E-state index contributed by atoms with van der Waals surface area (Å²) in [6, 6.07) is 11.7. The van der Waals surface area contributed by atoms with E-state index in [0.717, 1.165) is 0 Å². The summed E-state index contributed by atoms with van der Waals surface area (Å²) in [7, 11) is -3.93. The van der Waals surface area contributed by atoms with Crippen LogP contribution in [0.3, 0.4) is 0 Å². The van der Waals surface area contributed by atoms with Gasteiger partial charge in [0.15, 0.2) is 6.04 Å². The fraction of sp³-hybridized carbons (Fsp3) is 0.517. The van der Waals surface area contributed by atoms with Crippen molar-refractivity contribution in [1.82, 2.24) is 14.5 Å². The summed E-state index contributed by atoms with van der Waals surface area (Å²) in [6.45, 7) is 3.71. The van der Waals surface area contributed by atoms with Crippen LogP contribution in [0.4, 0.5) is 13.2 Å². The standard InChI is InChI=1S/C29H32ClF3N4O3S/c1-26(2)23(24(38)36-12-10-29(32,33)11-13-36)34-25(35-26)27-16-28(17-27,18-27)37(15-19-8-9-21(30)22(31)14-19)41(39,40)20-6-4-3-5-7-20/h3-9,14,23H,10-13,15-18H2,1-2H3,(H,34,35)/t23-,27?,28?/m1/s1. The van der Waals surface area contributed by atoms with E-state index in [1.165, 1.54) is 21.3 Å². The van der Waals surface area contributed by atoms with Gasteiger partial charge < -0.3 is 10.2 Å². The van der Waals surface area contributed by atoms with Gasteiger partial charge >= 0.3 is 0 Å². The molecule has 3 saturated carbocycles. The molecule has 0 unspecified atom stereocenters. The quantitative estimate of drug-likeness (QED) is 0.480. The average Bonchev–Trinajstić information content (AvgIpc) is 3.18. The van der Waals surface area contributed by atoms with Gasteiger partial charge in [-0.15, -0.1) is 0 Å². The van der Waals surface area contributed by atoms with E-state index in [4.69, 9.17) is 16.6 Å². The first-order valence-corrected chi connectivity index (χ1v) is 15.5. The monoisotopic (exact) mass is 608 g/mol. The van der Waals surface area contributed by atoms with Crippen molar-refractivity contribution in [2.75, 3.05) is 13.1 Å². The smallest absolute Gasteiger partial charge is 0.251 e. The maximum atomic E-state index is 14.3. The predicted octanol–water partition coefficient (Wildman–Crippen LogP) is 5.00. The van der Waals surface area contributed by atoms with Crippen molar-refractivity contribution in [3.63, 3.8) is 0 Å². The van der Waals surface area contributed by atoms with E-state index in [-0.39, 0.29) is 48.3 Å². The van der Waals surface area contributed by atoms with E-state index in [2.05, 4.69) is 5.32 Å². The molecule has 0 spiro atoms. The lowest BCUT2D eigenvalue weighted by Crippen LogP contribution is -2.78. The number of sulfonamides is 1. The second kappa shape index (κ2) is 9.44. The number of nitrogens with zero attached hydrogens (tertiary/aromatic N) is 3. The molecule has 3 aliphatic carbocycles. The van der Waals surface area contributed by atoms with Crippen molar-refractivity contribution >= 4 is 33.4 Å². The van der Waals surface area contributed by atoms with Crippen molar-refractivity contribution in [3.05, 3.63) is 64.9 Å². The summed E-state index contributed by atoms with van der Waals surface area (Å²) in [4.78, 5) is 19.8. The van der Waals surface area contributed by atoms with Crippen molar-refractivity contribution in [1.29, 1.82) is 0 Å². The molecule has 12 heteroatoms. The molecule has 1 atom stereocenters. The first-order valence-electron chi connectivity index (χ1n) is 13.7. The number of rotatable bonds is 7. The zero-order valence-corrected chi connectivity index (χ0v) is 24.4. The van der Waals surface area contributed by atoms with Gasteiger partial charge in [0.25, 0.3) is 5.92 Å². The highest BCUT2D eigenvalue weighted by Gasteiger charge is 2.75. The van der Waals surface area contributed by atoms with Gasteiger partial charge in [-0.25, -0.2) is 21.6 Å². The molecule has 5 aliphatic rings. The van der Waals surface area contributed by atoms with Gasteiger partial charge in [0.2, 0.25) is 15.9 Å². The summed E-state index contributed by atoms with van der Waals surface area (Å²) in [5.41, 5.74) is -1.32. The minimum absolute atomic E-state index is 0.00484. The summed E-state index contributed by atoms with van der Waals surface area (Å²) in [6.07, 6.45) is 0.792. The normalized spacial score (nSPS) is 29.8. The number of likely N-dealkylation sites (tertiary alicyclic amines) is 1. The lowest BCUT2D eigenvalue weighted by Gasteiger charge is -2.73. The van der Waals surface area contributed by atoms with Crippen LogP contribution in [0, 0.1) is 11.2 Å². The van der Waals surface area contributed by atoms with Crippen LogP contribution >= 0.6 is 11.6 Å². The van der Waals surface area contributed by atoms with Crippen molar-refractivity contribution in [2.24, 2.45) is 10.4 Å². The Hall–Kier alpha value is -2.63. The number of aliphatic imine (C=N–C) groups is 1. The molecule has 1 amide bonds. The fourth-order valence-corrected chi connectivity index (χ4v) is 8.73. The second-order valence-electron chi connectivity index (χ2n) is 12.5. The van der Waals surface area contributed by atoms with E-state index in [1.54, 1.807) is 36.4 Å². The summed E-state index contributed by atoms with van der Waals surface area (Å²) < 4.78 is 70.9. The van der Waals surface area contributed by atoms with Crippen LogP contribution in [-0.2, 0) is 21.4 Å². The number of nitrogens with one attached hydrogen (secondary N) is 1. The number of alkyl halides is 2. The zero-order chi connectivity index (χ0) is 29.4. The van der Waals surface area contributed by atoms with E-state index < -0.39 is 44.3 Å². The van der Waals surface area contributed by atoms with Gasteiger partial charge in [0, 0.05) is 43.4 Å². The fourth-order valence-electron chi connectivity index (χ4n) is 6.84. The van der Waals surface area contributed by atoms with Crippen molar-refractivity contribution in [3.8, 4) is 0 Å². The number of hydrogen-bond acceptors (Lipinski definition) is 5. The Labute approximate surface area is 242 Å². The van der Waals surface area contributed by atoms with E-state index in [9.17, 15) is 26.4 Å². The molecule has 1 saturated heterocycles. The van der Waals surface area contributed by atoms with E-state index >= 15 is 0 Å². The number of hydrogen-bond donors (Lipinski definition) is 1. The highest BCUT2D eigenvalue weighted by Crippen LogP contribution is 2.71. The maximum absolute atomic E-state index is 14.3. The Morgan fingerprint density at radius 1 is 1.10 bits per heavy atom. The van der Waals surface area contributed by atoms with E-state index in [0.29, 0.717) is 30.7 Å². The minimum atomic E-state index is -3.93. The summed E-state index contributed by atoms with van der Waals surface area (Å²) in [5.74, 6) is -2.97. The Morgan fingerprint density at radius 3 is 2.34 bits per heavy atom. The van der Waals surface area contributed by atoms with Crippen LogP contribution in [0.2, 0.25) is 5.02 Å². The molecular formula is C29H32ClF3N4O3S. The van der Waals surface area contributed by atoms with Crippen LogP contribution < -0.4 is 5.32 Å². The third-order valence-electron chi connectivity index (χ3n) is 9.10. The van der Waals surface area contributed by atoms with Gasteiger partial charge in [-0.3, -0.25) is 9.79 Å². The minimum Gasteiger partial charge on any atom is -0.366 e. The van der Waals surface area contributed by atoms with Gasteiger partial charge in [0.05, 0.1) is 15.5 Å². The molecule has 7 rings (SSSR count). The number of carbonyl (C=O) groups excluding carboxylic acids is 1. The van der Waals surface area contributed by atoms with E-state index in [1.807, 2.05) is 13.8 Å². The Kier molecular flexibility index (Phi) is 6.56. The molecule has 0 radical (unpaired) electrons. The number of piperidine rings is 1. The predicted molar refractivity (Wildman–Crippen MR) is 149 cm³/mol. The molecule has 220 valence electrons. The maximum Gasteiger partial charge on any atom is 0.251 e. The van der Waals surface area contributed by atoms with Crippen LogP contribution in [0.5, 0.6) is 0 Å². The Balaban J connectivity index is 1.24. The van der Waals surface area contributed by atoms with Crippen LogP contribution in [0.1, 0.15) is 51.5 Å². The molecule has 2 bridgehead atoms. The largest absolute Gasteiger partial charge is 0.366 e. The third kappa shape index (κ3) is 4.73. The molecule has 1 N–H and O–H groups in total. The number of benzene rings is 2. The molecular weight excluding hydrogens is 577 g/mol. The van der Waals surface area contributed by atoms with Crippen LogP contribution in [0.15, 0.2) is 58.4 Å². The Morgan fingerprint density at radius 2 is 1.73 bits per heavy atom. The number of carbonyl (C=O) groups is 1. The molecule has 2 heterocycles. The van der Waals surface area contributed by atoms with Gasteiger partial charge in [0.1, 0.15) is 11.7 Å². The molecule has 2 aliphatic heterocycles. The lowest BCUT2D eigenvalue weighted by atomic mass is 9.38. The molecule has 4 fully saturated rings. The Bertz CT molecular complexity index is 1500. The van der Waals surface area contributed by atoms with Crippen LogP contribution in [-0.4, -0.2) is 65.5 Å². The van der Waals surface area contributed by atoms with Crippen LogP contribution in [0.25, 0.3) is 0 Å². The van der Waals surface area contributed by atoms with Gasteiger partial charge in [-0.2, -0.15) is 4.31 Å². The first kappa shape index (κ1) is 28.5. The highest BCUT2D eigenvalue weighted by molar-refractivity contribution is 7.89. The number of amidine groups is 1. The number of amides is 1.